The summed E-state index contributed by atoms with van der Waals surface area (Å²) in [7, 11) is 1.93. The van der Waals surface area contributed by atoms with Crippen LogP contribution < -0.4 is 0 Å². The van der Waals surface area contributed by atoms with Crippen molar-refractivity contribution in [2.75, 3.05) is 26.7 Å². The smallest absolute Gasteiger partial charge is 0.234 e. The van der Waals surface area contributed by atoms with Crippen molar-refractivity contribution in [3.8, 4) is 0 Å². The molecule has 1 fully saturated rings. The second-order valence-corrected chi connectivity index (χ2v) is 9.77. The number of carbonyl (C=O) groups excluding carboxylic acids is 1. The molecule has 2 aliphatic heterocycles. The Morgan fingerprint density at radius 2 is 1.58 bits per heavy atom. The molecule has 33 heavy (non-hydrogen) atoms. The number of aliphatic hydroxyl groups is 1. The number of hydrogen-bond donors (Lipinski definition) is 1. The van der Waals surface area contributed by atoms with Crippen LogP contribution >= 0.6 is 24.2 Å². The SMILES string of the molecule is CN(C(=O)C1c2ccccc2Sc2ccccc21)[C@H](CN1CC[C@H](O)C1)c1ccccc1.Cl. The summed E-state index contributed by atoms with van der Waals surface area (Å²) in [5, 5.41) is 10.0. The van der Waals surface area contributed by atoms with E-state index in [9.17, 15) is 9.90 Å². The van der Waals surface area contributed by atoms with Gasteiger partial charge in [0.1, 0.15) is 0 Å². The first-order valence-electron chi connectivity index (χ1n) is 11.2. The lowest BCUT2D eigenvalue weighted by atomic mass is 9.88. The second kappa shape index (κ2) is 10.3. The van der Waals surface area contributed by atoms with Crippen molar-refractivity contribution in [2.24, 2.45) is 0 Å². The normalized spacial score (nSPS) is 18.7. The van der Waals surface area contributed by atoms with Gasteiger partial charge in [-0.05, 0) is 35.2 Å². The summed E-state index contributed by atoms with van der Waals surface area (Å²) in [5.41, 5.74) is 3.28. The third-order valence-corrected chi connectivity index (χ3v) is 7.79. The molecule has 0 unspecified atom stereocenters. The molecule has 2 aliphatic rings. The van der Waals surface area contributed by atoms with Crippen molar-refractivity contribution in [3.63, 3.8) is 0 Å². The fourth-order valence-corrected chi connectivity index (χ4v) is 6.02. The number of likely N-dealkylation sites (tertiary alicyclic amines) is 1. The Morgan fingerprint density at radius 1 is 1.00 bits per heavy atom. The molecule has 1 N–H and O–H groups in total. The number of nitrogens with zero attached hydrogens (tertiary/aromatic N) is 2. The van der Waals surface area contributed by atoms with Crippen LogP contribution in [0.4, 0.5) is 0 Å². The summed E-state index contributed by atoms with van der Waals surface area (Å²) in [6.45, 7) is 2.24. The molecule has 0 aromatic heterocycles. The summed E-state index contributed by atoms with van der Waals surface area (Å²) in [4.78, 5) is 20.6. The summed E-state index contributed by atoms with van der Waals surface area (Å²) < 4.78 is 0. The van der Waals surface area contributed by atoms with Gasteiger partial charge in [-0.15, -0.1) is 12.4 Å². The van der Waals surface area contributed by atoms with E-state index in [4.69, 9.17) is 0 Å². The van der Waals surface area contributed by atoms with Gasteiger partial charge < -0.3 is 10.0 Å². The molecule has 0 spiro atoms. The Morgan fingerprint density at radius 3 is 2.15 bits per heavy atom. The van der Waals surface area contributed by atoms with E-state index in [1.807, 2.05) is 54.4 Å². The van der Waals surface area contributed by atoms with Gasteiger partial charge in [-0.2, -0.15) is 0 Å². The average molecular weight is 481 g/mol. The molecule has 3 aromatic rings. The van der Waals surface area contributed by atoms with E-state index in [2.05, 4.69) is 41.3 Å². The zero-order chi connectivity index (χ0) is 22.1. The van der Waals surface area contributed by atoms with Crippen LogP contribution in [-0.2, 0) is 4.79 Å². The van der Waals surface area contributed by atoms with Crippen LogP contribution in [0.15, 0.2) is 88.7 Å². The third kappa shape index (κ3) is 4.82. The van der Waals surface area contributed by atoms with E-state index in [-0.39, 0.29) is 36.4 Å². The van der Waals surface area contributed by atoms with Crippen molar-refractivity contribution >= 4 is 30.1 Å². The fraction of sp³-hybridized carbons (Fsp3) is 0.296. The Kier molecular flexibility index (Phi) is 7.45. The third-order valence-electron chi connectivity index (χ3n) is 6.61. The van der Waals surface area contributed by atoms with Gasteiger partial charge in [0.05, 0.1) is 18.1 Å². The van der Waals surface area contributed by atoms with Gasteiger partial charge in [-0.3, -0.25) is 9.69 Å². The Bertz CT molecular complexity index is 1060. The minimum Gasteiger partial charge on any atom is -0.392 e. The summed E-state index contributed by atoms with van der Waals surface area (Å²) in [6, 6.07) is 26.7. The lowest BCUT2D eigenvalue weighted by Crippen LogP contribution is -2.41. The zero-order valence-electron chi connectivity index (χ0n) is 18.6. The quantitative estimate of drug-likeness (QED) is 0.560. The number of β-amino-alcohol motifs (C(OH)–C–C–N with tert-alkyl or cyclic N) is 1. The van der Waals surface area contributed by atoms with Crippen molar-refractivity contribution in [3.05, 3.63) is 95.6 Å². The maximum Gasteiger partial charge on any atom is 0.234 e. The number of halogens is 1. The number of amides is 1. The molecule has 2 heterocycles. The summed E-state index contributed by atoms with van der Waals surface area (Å²) >= 11 is 1.74. The molecule has 0 radical (unpaired) electrons. The van der Waals surface area contributed by atoms with Gasteiger partial charge in [-0.1, -0.05) is 78.5 Å². The second-order valence-electron chi connectivity index (χ2n) is 8.69. The molecule has 0 saturated carbocycles. The molecule has 5 rings (SSSR count). The topological polar surface area (TPSA) is 43.8 Å². The van der Waals surface area contributed by atoms with Crippen molar-refractivity contribution in [2.45, 2.75) is 34.3 Å². The molecular formula is C27H29ClN2O2S. The van der Waals surface area contributed by atoms with E-state index in [0.29, 0.717) is 13.1 Å². The first kappa shape index (κ1) is 23.8. The molecule has 2 atom stereocenters. The minimum absolute atomic E-state index is 0. The van der Waals surface area contributed by atoms with Crippen LogP contribution in [0, 0.1) is 0 Å². The van der Waals surface area contributed by atoms with E-state index in [1.54, 1.807) is 11.8 Å². The van der Waals surface area contributed by atoms with Gasteiger partial charge in [0, 0.05) is 36.5 Å². The molecule has 0 bridgehead atoms. The van der Waals surface area contributed by atoms with Gasteiger partial charge in [0.15, 0.2) is 0 Å². The van der Waals surface area contributed by atoms with Crippen molar-refractivity contribution in [1.82, 2.24) is 9.80 Å². The van der Waals surface area contributed by atoms with Gasteiger partial charge in [0.25, 0.3) is 0 Å². The maximum absolute atomic E-state index is 14.1. The standard InChI is InChI=1S/C27H28N2O2S.ClH/c1-28(23(19-9-3-2-4-10-19)18-29-16-15-20(30)17-29)27(31)26-21-11-5-7-13-24(21)32-25-14-8-6-12-22(25)26;/h2-14,20,23,26,30H,15-18H2,1H3;1H/t20-,23+;/m0./s1. The Balaban J connectivity index is 0.00000259. The predicted octanol–water partition coefficient (Wildman–Crippen LogP) is 4.97. The van der Waals surface area contributed by atoms with Crippen molar-refractivity contribution < 1.29 is 9.90 Å². The molecule has 1 saturated heterocycles. The number of likely N-dealkylation sites (N-methyl/N-ethyl adjacent to an activating group) is 1. The van der Waals surface area contributed by atoms with E-state index >= 15 is 0 Å². The zero-order valence-corrected chi connectivity index (χ0v) is 20.3. The van der Waals surface area contributed by atoms with Crippen LogP contribution in [0.2, 0.25) is 0 Å². The van der Waals surface area contributed by atoms with Crippen LogP contribution in [0.5, 0.6) is 0 Å². The van der Waals surface area contributed by atoms with E-state index in [1.165, 1.54) is 0 Å². The van der Waals surface area contributed by atoms with Crippen LogP contribution in [0.3, 0.4) is 0 Å². The highest BCUT2D eigenvalue weighted by Crippen LogP contribution is 2.46. The lowest BCUT2D eigenvalue weighted by molar-refractivity contribution is -0.133. The maximum atomic E-state index is 14.1. The highest BCUT2D eigenvalue weighted by molar-refractivity contribution is 7.99. The first-order chi connectivity index (χ1) is 15.6. The number of benzene rings is 3. The lowest BCUT2D eigenvalue weighted by Gasteiger charge is -2.36. The summed E-state index contributed by atoms with van der Waals surface area (Å²) in [5.74, 6) is -0.206. The average Bonchev–Trinajstić information content (AvgIpc) is 3.25. The number of fused-ring (bicyclic) bond motifs is 2. The minimum atomic E-state index is -0.316. The molecule has 1 amide bonds. The molecular weight excluding hydrogens is 452 g/mol. The van der Waals surface area contributed by atoms with Crippen LogP contribution in [-0.4, -0.2) is 53.6 Å². The highest BCUT2D eigenvalue weighted by Gasteiger charge is 2.36. The number of carbonyl (C=O) groups is 1. The van der Waals surface area contributed by atoms with Crippen molar-refractivity contribution in [1.29, 1.82) is 0 Å². The van der Waals surface area contributed by atoms with E-state index in [0.717, 1.165) is 39.4 Å². The van der Waals surface area contributed by atoms with E-state index < -0.39 is 0 Å². The van der Waals surface area contributed by atoms with Gasteiger partial charge in [-0.25, -0.2) is 0 Å². The highest BCUT2D eigenvalue weighted by atomic mass is 35.5. The molecule has 0 aliphatic carbocycles. The molecule has 3 aromatic carbocycles. The largest absolute Gasteiger partial charge is 0.392 e. The number of aliphatic hydroxyl groups excluding tert-OH is 1. The summed E-state index contributed by atoms with van der Waals surface area (Å²) in [6.07, 6.45) is 0.515. The molecule has 6 heteroatoms. The monoisotopic (exact) mass is 480 g/mol. The molecule has 172 valence electrons. The Labute approximate surface area is 206 Å². The first-order valence-corrected chi connectivity index (χ1v) is 12.0. The Hall–Kier alpha value is -2.31. The van der Waals surface area contributed by atoms with Gasteiger partial charge in [0.2, 0.25) is 5.91 Å². The molecule has 4 nitrogen and oxygen atoms in total. The fourth-order valence-electron chi connectivity index (χ4n) is 4.88. The van der Waals surface area contributed by atoms with Crippen LogP contribution in [0.1, 0.15) is 35.1 Å². The van der Waals surface area contributed by atoms with Crippen LogP contribution in [0.25, 0.3) is 0 Å². The number of rotatable bonds is 5. The number of hydrogen-bond acceptors (Lipinski definition) is 4. The predicted molar refractivity (Wildman–Crippen MR) is 135 cm³/mol. The van der Waals surface area contributed by atoms with Gasteiger partial charge >= 0.3 is 0 Å².